The summed E-state index contributed by atoms with van der Waals surface area (Å²) in [7, 11) is 1.56. The molecule has 6 nitrogen and oxygen atoms in total. The van der Waals surface area contributed by atoms with E-state index in [0.29, 0.717) is 21.9 Å². The molecule has 1 heterocycles. The van der Waals surface area contributed by atoms with Crippen molar-refractivity contribution in [1.29, 1.82) is 0 Å². The standard InChI is InChI=1S/C18H14Cl2N2O4/c1-25-12-3-4-13-10(9-26-16(13)8-12)6-17(23)21-22-18(24)14-7-11(19)2-5-15(14)20/h2-5,7-9H,6H2,1H3,(H,21,23)(H,22,24). The Labute approximate surface area is 159 Å². The van der Waals surface area contributed by atoms with Crippen LogP contribution in [0.25, 0.3) is 11.0 Å². The highest BCUT2D eigenvalue weighted by molar-refractivity contribution is 6.35. The average molecular weight is 393 g/mol. The van der Waals surface area contributed by atoms with Gasteiger partial charge in [0.1, 0.15) is 11.3 Å². The number of methoxy groups -OCH3 is 1. The summed E-state index contributed by atoms with van der Waals surface area (Å²) >= 11 is 11.8. The summed E-state index contributed by atoms with van der Waals surface area (Å²) < 4.78 is 10.6. The van der Waals surface area contributed by atoms with Crippen LogP contribution < -0.4 is 15.6 Å². The number of carbonyl (C=O) groups is 2. The van der Waals surface area contributed by atoms with Crippen LogP contribution in [0.5, 0.6) is 5.75 Å². The minimum absolute atomic E-state index is 0.0306. The highest BCUT2D eigenvalue weighted by Gasteiger charge is 2.14. The summed E-state index contributed by atoms with van der Waals surface area (Å²) in [5, 5.41) is 1.40. The smallest absolute Gasteiger partial charge is 0.271 e. The fourth-order valence-corrected chi connectivity index (χ4v) is 2.79. The van der Waals surface area contributed by atoms with Crippen LogP contribution in [0.1, 0.15) is 15.9 Å². The lowest BCUT2D eigenvalue weighted by atomic mass is 10.1. The predicted molar refractivity (Wildman–Crippen MR) is 98.5 cm³/mol. The largest absolute Gasteiger partial charge is 0.497 e. The molecular weight excluding hydrogens is 379 g/mol. The number of fused-ring (bicyclic) bond motifs is 1. The van der Waals surface area contributed by atoms with E-state index >= 15 is 0 Å². The quantitative estimate of drug-likeness (QED) is 0.662. The SMILES string of the molecule is COc1ccc2c(CC(=O)NNC(=O)c3cc(Cl)ccc3Cl)coc2c1. The zero-order valence-electron chi connectivity index (χ0n) is 13.6. The molecule has 2 aromatic carbocycles. The van der Waals surface area contributed by atoms with Gasteiger partial charge in [-0.2, -0.15) is 0 Å². The second-order valence-corrected chi connectivity index (χ2v) is 6.27. The van der Waals surface area contributed by atoms with Crippen LogP contribution in [0, 0.1) is 0 Å². The van der Waals surface area contributed by atoms with Gasteiger partial charge in [0.05, 0.1) is 30.4 Å². The van der Waals surface area contributed by atoms with E-state index in [9.17, 15) is 9.59 Å². The monoisotopic (exact) mass is 392 g/mol. The molecule has 134 valence electrons. The molecule has 3 rings (SSSR count). The van der Waals surface area contributed by atoms with E-state index in [-0.39, 0.29) is 17.0 Å². The van der Waals surface area contributed by atoms with E-state index in [1.165, 1.54) is 18.4 Å². The Balaban J connectivity index is 1.64. The van der Waals surface area contributed by atoms with Crippen LogP contribution in [-0.4, -0.2) is 18.9 Å². The Kier molecular flexibility index (Phi) is 5.35. The predicted octanol–water partition coefficient (Wildman–Crippen LogP) is 3.75. The number of nitrogens with one attached hydrogen (secondary N) is 2. The Hall–Kier alpha value is -2.70. The first-order valence-corrected chi connectivity index (χ1v) is 8.32. The molecule has 0 unspecified atom stereocenters. The maximum atomic E-state index is 12.1. The fourth-order valence-electron chi connectivity index (χ4n) is 2.41. The first-order valence-electron chi connectivity index (χ1n) is 7.56. The lowest BCUT2D eigenvalue weighted by molar-refractivity contribution is -0.121. The van der Waals surface area contributed by atoms with Crippen molar-refractivity contribution in [2.24, 2.45) is 0 Å². The molecule has 0 fully saturated rings. The number of amides is 2. The summed E-state index contributed by atoms with van der Waals surface area (Å²) in [6, 6.07) is 9.82. The number of benzene rings is 2. The summed E-state index contributed by atoms with van der Waals surface area (Å²) in [6.45, 7) is 0. The topological polar surface area (TPSA) is 80.6 Å². The number of rotatable bonds is 4. The van der Waals surface area contributed by atoms with Crippen molar-refractivity contribution < 1.29 is 18.7 Å². The van der Waals surface area contributed by atoms with Crippen molar-refractivity contribution in [2.75, 3.05) is 7.11 Å². The maximum Gasteiger partial charge on any atom is 0.271 e. The number of ether oxygens (including phenoxy) is 1. The molecule has 0 spiro atoms. The molecule has 0 aliphatic heterocycles. The third-order valence-electron chi connectivity index (χ3n) is 3.70. The number of furan rings is 1. The van der Waals surface area contributed by atoms with Gasteiger partial charge in [0.15, 0.2) is 0 Å². The van der Waals surface area contributed by atoms with Crippen molar-refractivity contribution in [3.63, 3.8) is 0 Å². The zero-order chi connectivity index (χ0) is 18.7. The van der Waals surface area contributed by atoms with Crippen molar-refractivity contribution in [1.82, 2.24) is 10.9 Å². The number of hydrogen-bond donors (Lipinski definition) is 2. The van der Waals surface area contributed by atoms with Crippen molar-refractivity contribution in [2.45, 2.75) is 6.42 Å². The summed E-state index contributed by atoms with van der Waals surface area (Å²) in [5.41, 5.74) is 6.13. The molecule has 0 aliphatic carbocycles. The number of halogens is 2. The average Bonchev–Trinajstić information content (AvgIpc) is 3.03. The molecule has 0 saturated heterocycles. The number of carbonyl (C=O) groups excluding carboxylic acids is 2. The van der Waals surface area contributed by atoms with Gasteiger partial charge in [-0.1, -0.05) is 23.2 Å². The normalized spacial score (nSPS) is 10.6. The molecule has 0 atom stereocenters. The molecule has 26 heavy (non-hydrogen) atoms. The van der Waals surface area contributed by atoms with E-state index in [1.807, 2.05) is 6.07 Å². The summed E-state index contributed by atoms with van der Waals surface area (Å²) in [6.07, 6.45) is 1.53. The van der Waals surface area contributed by atoms with Crippen LogP contribution >= 0.6 is 23.2 Å². The molecule has 0 aliphatic rings. The van der Waals surface area contributed by atoms with Gasteiger partial charge in [0.2, 0.25) is 5.91 Å². The maximum absolute atomic E-state index is 12.1. The molecule has 1 aromatic heterocycles. The van der Waals surface area contributed by atoms with Gasteiger partial charge in [-0.3, -0.25) is 20.4 Å². The van der Waals surface area contributed by atoms with Crippen LogP contribution in [0.15, 0.2) is 47.1 Å². The summed E-state index contributed by atoms with van der Waals surface area (Å²) in [4.78, 5) is 24.2. The van der Waals surface area contributed by atoms with E-state index in [0.717, 1.165) is 5.39 Å². The van der Waals surface area contributed by atoms with E-state index in [2.05, 4.69) is 10.9 Å². The minimum atomic E-state index is -0.562. The first-order chi connectivity index (χ1) is 12.5. The Morgan fingerprint density at radius 2 is 1.92 bits per heavy atom. The van der Waals surface area contributed by atoms with Gasteiger partial charge in [-0.05, 0) is 30.3 Å². The Morgan fingerprint density at radius 1 is 1.12 bits per heavy atom. The van der Waals surface area contributed by atoms with Crippen molar-refractivity contribution in [3.8, 4) is 5.75 Å². The zero-order valence-corrected chi connectivity index (χ0v) is 15.1. The first kappa shape index (κ1) is 18.1. The van der Waals surface area contributed by atoms with E-state index in [1.54, 1.807) is 25.3 Å². The number of hydrogen-bond acceptors (Lipinski definition) is 4. The molecule has 0 bridgehead atoms. The minimum Gasteiger partial charge on any atom is -0.497 e. The van der Waals surface area contributed by atoms with Gasteiger partial charge in [-0.25, -0.2) is 0 Å². The molecule has 0 saturated carbocycles. The Morgan fingerprint density at radius 3 is 2.69 bits per heavy atom. The van der Waals surface area contributed by atoms with E-state index < -0.39 is 11.8 Å². The highest BCUT2D eigenvalue weighted by atomic mass is 35.5. The van der Waals surface area contributed by atoms with Crippen LogP contribution in [0.3, 0.4) is 0 Å². The molecular formula is C18H14Cl2N2O4. The van der Waals surface area contributed by atoms with Gasteiger partial charge in [0.25, 0.3) is 5.91 Å². The molecule has 0 radical (unpaired) electrons. The summed E-state index contributed by atoms with van der Waals surface area (Å²) in [5.74, 6) is -0.309. The van der Waals surface area contributed by atoms with Crippen LogP contribution in [-0.2, 0) is 11.2 Å². The lowest BCUT2D eigenvalue weighted by Gasteiger charge is -2.08. The van der Waals surface area contributed by atoms with Gasteiger partial charge >= 0.3 is 0 Å². The number of hydrazine groups is 1. The van der Waals surface area contributed by atoms with Crippen molar-refractivity contribution in [3.05, 3.63) is 63.8 Å². The molecule has 2 N–H and O–H groups in total. The third kappa shape index (κ3) is 3.92. The van der Waals surface area contributed by atoms with Gasteiger partial charge < -0.3 is 9.15 Å². The second kappa shape index (κ2) is 7.68. The fraction of sp³-hybridized carbons (Fsp3) is 0.111. The molecule has 8 heteroatoms. The second-order valence-electron chi connectivity index (χ2n) is 5.43. The van der Waals surface area contributed by atoms with Gasteiger partial charge in [-0.15, -0.1) is 0 Å². The third-order valence-corrected chi connectivity index (χ3v) is 4.27. The van der Waals surface area contributed by atoms with Crippen molar-refractivity contribution >= 4 is 46.0 Å². The Bertz CT molecular complexity index is 984. The highest BCUT2D eigenvalue weighted by Crippen LogP contribution is 2.26. The van der Waals surface area contributed by atoms with Gasteiger partial charge in [0, 0.05) is 22.0 Å². The molecule has 3 aromatic rings. The van der Waals surface area contributed by atoms with Crippen LogP contribution in [0.4, 0.5) is 0 Å². The lowest BCUT2D eigenvalue weighted by Crippen LogP contribution is -2.42. The van der Waals surface area contributed by atoms with Crippen LogP contribution in [0.2, 0.25) is 10.0 Å². The molecule has 2 amide bonds. The van der Waals surface area contributed by atoms with E-state index in [4.69, 9.17) is 32.4 Å².